The zero-order valence-corrected chi connectivity index (χ0v) is 18.1. The molecule has 1 amide bonds. The molecule has 0 aliphatic heterocycles. The summed E-state index contributed by atoms with van der Waals surface area (Å²) in [5, 5.41) is 8.57. The van der Waals surface area contributed by atoms with E-state index >= 15 is 0 Å². The van der Waals surface area contributed by atoms with E-state index in [1.165, 1.54) is 0 Å². The van der Waals surface area contributed by atoms with Gasteiger partial charge in [0.05, 0.1) is 24.3 Å². The number of fused-ring (bicyclic) bond motifs is 1. The fraction of sp³-hybridized carbons (Fsp3) is 0.524. The maximum absolute atomic E-state index is 12.4. The molecule has 4 rings (SSSR count). The minimum Gasteiger partial charge on any atom is -0.473 e. The Labute approximate surface area is 175 Å². The number of hydrogen-bond donors (Lipinski definition) is 0. The number of rotatable bonds is 4. The van der Waals surface area contributed by atoms with Crippen molar-refractivity contribution in [2.45, 2.75) is 57.8 Å². The smallest absolute Gasteiger partial charge is 0.410 e. The van der Waals surface area contributed by atoms with Gasteiger partial charge in [-0.05, 0) is 39.7 Å². The average molecular weight is 412 g/mol. The molecule has 0 spiro atoms. The Balaban J connectivity index is 1.50. The first-order chi connectivity index (χ1) is 14.2. The minimum atomic E-state index is -0.510. The van der Waals surface area contributed by atoms with Crippen molar-refractivity contribution in [3.05, 3.63) is 30.9 Å². The lowest BCUT2D eigenvalue weighted by atomic mass is 10.2. The van der Waals surface area contributed by atoms with Crippen molar-refractivity contribution >= 4 is 11.6 Å². The Morgan fingerprint density at radius 3 is 2.73 bits per heavy atom. The van der Waals surface area contributed by atoms with E-state index < -0.39 is 5.60 Å². The number of carbonyl (C=O) groups excluding carboxylic acids is 1. The molecule has 0 N–H and O–H groups in total. The molecule has 1 aliphatic rings. The number of aromatic nitrogens is 5. The van der Waals surface area contributed by atoms with Crippen molar-refractivity contribution in [3.63, 3.8) is 0 Å². The molecule has 0 aromatic carbocycles. The maximum atomic E-state index is 12.4. The molecule has 1 fully saturated rings. The van der Waals surface area contributed by atoms with Gasteiger partial charge in [0.2, 0.25) is 5.88 Å². The standard InChI is InChI=1S/C21H28N6O3/c1-21(2,3)30-20(28)26(5)15-6-7-16(10-15)29-19-18-8-9-22-27(18)13-17(24-19)14-11-23-25(4)12-14/h8-9,11-13,15-16H,6-7,10H2,1-5H3. The summed E-state index contributed by atoms with van der Waals surface area (Å²) in [4.78, 5) is 18.8. The fourth-order valence-corrected chi connectivity index (χ4v) is 3.69. The molecule has 3 aromatic heterocycles. The van der Waals surface area contributed by atoms with Crippen LogP contribution >= 0.6 is 0 Å². The second-order valence-electron chi connectivity index (χ2n) is 8.79. The number of amides is 1. The number of ether oxygens (including phenoxy) is 2. The molecule has 9 heteroatoms. The van der Waals surface area contributed by atoms with Gasteiger partial charge in [-0.1, -0.05) is 0 Å². The Bertz CT molecular complexity index is 1050. The van der Waals surface area contributed by atoms with Crippen molar-refractivity contribution in [2.24, 2.45) is 7.05 Å². The molecule has 9 nitrogen and oxygen atoms in total. The topological polar surface area (TPSA) is 86.8 Å². The highest BCUT2D eigenvalue weighted by atomic mass is 16.6. The predicted octanol–water partition coefficient (Wildman–Crippen LogP) is 3.30. The average Bonchev–Trinajstić information content (AvgIpc) is 3.39. The zero-order chi connectivity index (χ0) is 21.5. The van der Waals surface area contributed by atoms with Crippen LogP contribution in [0.3, 0.4) is 0 Å². The monoisotopic (exact) mass is 412 g/mol. The molecule has 160 valence electrons. The van der Waals surface area contributed by atoms with Crippen LogP contribution in [0.4, 0.5) is 4.79 Å². The van der Waals surface area contributed by atoms with E-state index in [4.69, 9.17) is 14.5 Å². The van der Waals surface area contributed by atoms with Crippen LogP contribution in [0.5, 0.6) is 5.88 Å². The third-order valence-corrected chi connectivity index (χ3v) is 5.22. The molecule has 0 radical (unpaired) electrons. The second kappa shape index (κ2) is 7.62. The molecule has 0 bridgehead atoms. The van der Waals surface area contributed by atoms with Gasteiger partial charge in [-0.15, -0.1) is 0 Å². The first-order valence-electron chi connectivity index (χ1n) is 10.2. The van der Waals surface area contributed by atoms with Crippen molar-refractivity contribution in [2.75, 3.05) is 7.05 Å². The second-order valence-corrected chi connectivity index (χ2v) is 8.79. The number of carbonyl (C=O) groups is 1. The van der Waals surface area contributed by atoms with E-state index in [1.807, 2.05) is 46.3 Å². The summed E-state index contributed by atoms with van der Waals surface area (Å²) in [7, 11) is 3.66. The normalized spacial score (nSPS) is 19.2. The molecule has 30 heavy (non-hydrogen) atoms. The van der Waals surface area contributed by atoms with Gasteiger partial charge in [0.1, 0.15) is 17.2 Å². The molecule has 2 unspecified atom stereocenters. The van der Waals surface area contributed by atoms with Crippen molar-refractivity contribution < 1.29 is 14.3 Å². The van der Waals surface area contributed by atoms with Crippen molar-refractivity contribution in [1.29, 1.82) is 0 Å². The zero-order valence-electron chi connectivity index (χ0n) is 18.1. The van der Waals surface area contributed by atoms with Crippen molar-refractivity contribution in [1.82, 2.24) is 29.3 Å². The third-order valence-electron chi connectivity index (χ3n) is 5.22. The van der Waals surface area contributed by atoms with E-state index in [2.05, 4.69) is 10.2 Å². The highest BCUT2D eigenvalue weighted by Gasteiger charge is 2.33. The molecular formula is C21H28N6O3. The molecule has 1 aliphatic carbocycles. The van der Waals surface area contributed by atoms with Gasteiger partial charge in [0.15, 0.2) is 0 Å². The predicted molar refractivity (Wildman–Crippen MR) is 111 cm³/mol. The SMILES string of the molecule is CN(C(=O)OC(C)(C)C)C1CCC(Oc2nc(-c3cnn(C)c3)cn3nccc23)C1. The van der Waals surface area contributed by atoms with Gasteiger partial charge in [0, 0.05) is 38.3 Å². The lowest BCUT2D eigenvalue weighted by Gasteiger charge is -2.28. The Morgan fingerprint density at radius 1 is 1.23 bits per heavy atom. The largest absolute Gasteiger partial charge is 0.473 e. The summed E-state index contributed by atoms with van der Waals surface area (Å²) < 4.78 is 15.3. The molecule has 3 aromatic rings. The summed E-state index contributed by atoms with van der Waals surface area (Å²) in [5.41, 5.74) is 1.94. The third kappa shape index (κ3) is 4.24. The van der Waals surface area contributed by atoms with Gasteiger partial charge in [-0.2, -0.15) is 10.2 Å². The van der Waals surface area contributed by atoms with Crippen molar-refractivity contribution in [3.8, 4) is 17.1 Å². The Kier molecular flexibility index (Phi) is 5.13. The van der Waals surface area contributed by atoms with Crippen LogP contribution in [0.2, 0.25) is 0 Å². The first-order valence-corrected chi connectivity index (χ1v) is 10.2. The van der Waals surface area contributed by atoms with E-state index in [-0.39, 0.29) is 18.2 Å². The van der Waals surface area contributed by atoms with Gasteiger partial charge in [0.25, 0.3) is 0 Å². The molecule has 0 saturated heterocycles. The van der Waals surface area contributed by atoms with E-state index in [0.717, 1.165) is 36.0 Å². The summed E-state index contributed by atoms with van der Waals surface area (Å²) in [6, 6.07) is 1.96. The molecular weight excluding hydrogens is 384 g/mol. The van der Waals surface area contributed by atoms with Crippen LogP contribution in [-0.4, -0.2) is 60.2 Å². The van der Waals surface area contributed by atoms with Crippen LogP contribution in [0.15, 0.2) is 30.9 Å². The van der Waals surface area contributed by atoms with Crippen LogP contribution < -0.4 is 4.74 Å². The number of hydrogen-bond acceptors (Lipinski definition) is 6. The number of nitrogens with zero attached hydrogens (tertiary/aromatic N) is 6. The highest BCUT2D eigenvalue weighted by Crippen LogP contribution is 2.30. The van der Waals surface area contributed by atoms with Gasteiger partial charge in [-0.3, -0.25) is 4.68 Å². The van der Waals surface area contributed by atoms with Crippen LogP contribution in [-0.2, 0) is 11.8 Å². The fourth-order valence-electron chi connectivity index (χ4n) is 3.69. The van der Waals surface area contributed by atoms with Crippen LogP contribution in [0, 0.1) is 0 Å². The molecule has 2 atom stereocenters. The Hall–Kier alpha value is -3.10. The summed E-state index contributed by atoms with van der Waals surface area (Å²) >= 11 is 0. The Morgan fingerprint density at radius 2 is 2.03 bits per heavy atom. The molecule has 1 saturated carbocycles. The van der Waals surface area contributed by atoms with Gasteiger partial charge < -0.3 is 14.4 Å². The number of aryl methyl sites for hydroxylation is 1. The van der Waals surface area contributed by atoms with Gasteiger partial charge in [-0.25, -0.2) is 14.3 Å². The highest BCUT2D eigenvalue weighted by molar-refractivity contribution is 5.68. The molecule has 3 heterocycles. The minimum absolute atomic E-state index is 0.0322. The van der Waals surface area contributed by atoms with Gasteiger partial charge >= 0.3 is 6.09 Å². The van der Waals surface area contributed by atoms with E-state index in [0.29, 0.717) is 5.88 Å². The summed E-state index contributed by atoms with van der Waals surface area (Å²) in [6.07, 6.45) is 9.37. The summed E-state index contributed by atoms with van der Waals surface area (Å²) in [6.45, 7) is 5.62. The van der Waals surface area contributed by atoms with E-state index in [1.54, 1.807) is 33.5 Å². The quantitative estimate of drug-likeness (QED) is 0.653. The van der Waals surface area contributed by atoms with Crippen LogP contribution in [0.1, 0.15) is 40.0 Å². The first kappa shape index (κ1) is 20.2. The lowest BCUT2D eigenvalue weighted by molar-refractivity contribution is 0.0218. The summed E-state index contributed by atoms with van der Waals surface area (Å²) in [5.74, 6) is 0.541. The maximum Gasteiger partial charge on any atom is 0.410 e. The van der Waals surface area contributed by atoms with E-state index in [9.17, 15) is 4.79 Å². The van der Waals surface area contributed by atoms with Crippen LogP contribution in [0.25, 0.3) is 16.8 Å². The lowest BCUT2D eigenvalue weighted by Crippen LogP contribution is -2.40.